The van der Waals surface area contributed by atoms with Gasteiger partial charge in [-0.3, -0.25) is 0 Å². The number of sulfonamides is 1. The van der Waals surface area contributed by atoms with Crippen molar-refractivity contribution in [2.45, 2.75) is 24.3 Å². The van der Waals surface area contributed by atoms with Gasteiger partial charge in [-0.25, -0.2) is 8.42 Å². The molecule has 5 nitrogen and oxygen atoms in total. The third kappa shape index (κ3) is 4.03. The molecule has 1 aliphatic heterocycles. The Kier molecular flexibility index (Phi) is 5.42. The molecule has 2 aromatic carbocycles. The Balaban J connectivity index is 1.81. The van der Waals surface area contributed by atoms with Crippen molar-refractivity contribution in [1.29, 1.82) is 0 Å². The lowest BCUT2D eigenvalue weighted by Gasteiger charge is -2.32. The molecule has 0 amide bonds. The van der Waals surface area contributed by atoms with E-state index in [9.17, 15) is 8.42 Å². The van der Waals surface area contributed by atoms with E-state index < -0.39 is 10.0 Å². The third-order valence-corrected chi connectivity index (χ3v) is 6.23. The fourth-order valence-corrected chi connectivity index (χ4v) is 4.73. The Hall–Kier alpha value is -1.89. The van der Waals surface area contributed by atoms with Gasteiger partial charge in [0, 0.05) is 13.1 Å². The molecule has 134 valence electrons. The summed E-state index contributed by atoms with van der Waals surface area (Å²) in [4.78, 5) is 0.218. The molecule has 1 aliphatic rings. The highest BCUT2D eigenvalue weighted by Crippen LogP contribution is 2.29. The number of methoxy groups -OCH3 is 1. The number of rotatable bonds is 5. The van der Waals surface area contributed by atoms with Crippen LogP contribution in [0.25, 0.3) is 0 Å². The summed E-state index contributed by atoms with van der Waals surface area (Å²) in [6.45, 7) is 2.96. The summed E-state index contributed by atoms with van der Waals surface area (Å²) in [5, 5.41) is 0. The second-order valence-electron chi connectivity index (χ2n) is 6.20. The van der Waals surface area contributed by atoms with Gasteiger partial charge in [-0.1, -0.05) is 36.4 Å². The maximum atomic E-state index is 13.1. The highest BCUT2D eigenvalue weighted by Gasteiger charge is 2.32. The van der Waals surface area contributed by atoms with Gasteiger partial charge in [0.2, 0.25) is 10.0 Å². The van der Waals surface area contributed by atoms with Gasteiger partial charge in [0.25, 0.3) is 0 Å². The Morgan fingerprint density at radius 2 is 1.96 bits per heavy atom. The molecule has 0 bridgehead atoms. The number of nitrogens with zero attached hydrogens (tertiary/aromatic N) is 1. The van der Waals surface area contributed by atoms with E-state index in [-0.39, 0.29) is 11.0 Å². The molecule has 1 heterocycles. The molecule has 0 aliphatic carbocycles. The monoisotopic (exact) mass is 361 g/mol. The van der Waals surface area contributed by atoms with E-state index in [1.165, 1.54) is 11.4 Å². The van der Waals surface area contributed by atoms with Gasteiger partial charge < -0.3 is 9.47 Å². The Morgan fingerprint density at radius 3 is 2.68 bits per heavy atom. The highest BCUT2D eigenvalue weighted by atomic mass is 32.2. The number of hydrogen-bond acceptors (Lipinski definition) is 4. The quantitative estimate of drug-likeness (QED) is 0.822. The van der Waals surface area contributed by atoms with Crippen LogP contribution in [-0.4, -0.2) is 45.6 Å². The molecule has 0 N–H and O–H groups in total. The number of aryl methyl sites for hydroxylation is 1. The second-order valence-corrected chi connectivity index (χ2v) is 8.11. The number of benzene rings is 2. The lowest BCUT2D eigenvalue weighted by molar-refractivity contribution is -0.000531. The normalized spacial score (nSPS) is 18.9. The Morgan fingerprint density at radius 1 is 1.20 bits per heavy atom. The van der Waals surface area contributed by atoms with E-state index >= 15 is 0 Å². The average molecular weight is 361 g/mol. The third-order valence-electron chi connectivity index (χ3n) is 4.34. The lowest BCUT2D eigenvalue weighted by atomic mass is 10.1. The van der Waals surface area contributed by atoms with Crippen molar-refractivity contribution in [2.75, 3.05) is 26.8 Å². The van der Waals surface area contributed by atoms with Crippen LogP contribution in [0.15, 0.2) is 53.4 Å². The molecule has 0 radical (unpaired) electrons. The van der Waals surface area contributed by atoms with Crippen molar-refractivity contribution in [1.82, 2.24) is 4.31 Å². The van der Waals surface area contributed by atoms with Gasteiger partial charge in [-0.2, -0.15) is 4.31 Å². The van der Waals surface area contributed by atoms with E-state index in [1.807, 2.05) is 43.3 Å². The van der Waals surface area contributed by atoms with Crippen molar-refractivity contribution in [3.63, 3.8) is 0 Å². The average Bonchev–Trinajstić information content (AvgIpc) is 2.63. The summed E-state index contributed by atoms with van der Waals surface area (Å²) in [5.74, 6) is 0.372. The van der Waals surface area contributed by atoms with Crippen LogP contribution in [0.4, 0.5) is 0 Å². The van der Waals surface area contributed by atoms with Gasteiger partial charge in [-0.05, 0) is 36.6 Å². The fourth-order valence-electron chi connectivity index (χ4n) is 3.04. The van der Waals surface area contributed by atoms with Crippen LogP contribution in [-0.2, 0) is 21.2 Å². The molecular formula is C19H23NO4S. The zero-order chi connectivity index (χ0) is 17.9. The van der Waals surface area contributed by atoms with Crippen molar-refractivity contribution < 1.29 is 17.9 Å². The summed E-state index contributed by atoms with van der Waals surface area (Å²) in [6, 6.07) is 15.2. The maximum Gasteiger partial charge on any atom is 0.246 e. The topological polar surface area (TPSA) is 55.8 Å². The van der Waals surface area contributed by atoms with Gasteiger partial charge in [0.1, 0.15) is 10.6 Å². The zero-order valence-corrected chi connectivity index (χ0v) is 15.3. The first-order valence-electron chi connectivity index (χ1n) is 8.31. The standard InChI is InChI=1S/C19H23NO4S/c1-15-8-9-18(23-2)19(12-15)25(21,22)20-10-11-24-17(14-20)13-16-6-4-3-5-7-16/h3-9,12,17H,10-11,13-14H2,1-2H3. The molecule has 0 saturated carbocycles. The Labute approximate surface area is 149 Å². The van der Waals surface area contributed by atoms with Crippen molar-refractivity contribution in [3.05, 3.63) is 59.7 Å². The maximum absolute atomic E-state index is 13.1. The molecular weight excluding hydrogens is 338 g/mol. The SMILES string of the molecule is COc1ccc(C)cc1S(=O)(=O)N1CCOC(Cc2ccccc2)C1. The minimum absolute atomic E-state index is 0.151. The van der Waals surface area contributed by atoms with Crippen LogP contribution < -0.4 is 4.74 Å². The fraction of sp³-hybridized carbons (Fsp3) is 0.368. The van der Waals surface area contributed by atoms with E-state index in [1.54, 1.807) is 12.1 Å². The van der Waals surface area contributed by atoms with Crippen molar-refractivity contribution in [2.24, 2.45) is 0 Å². The first-order chi connectivity index (χ1) is 12.0. The Bertz CT molecular complexity index is 821. The van der Waals surface area contributed by atoms with Crippen LogP contribution in [0.1, 0.15) is 11.1 Å². The van der Waals surface area contributed by atoms with Crippen LogP contribution in [0.5, 0.6) is 5.75 Å². The molecule has 3 rings (SSSR count). The highest BCUT2D eigenvalue weighted by molar-refractivity contribution is 7.89. The van der Waals surface area contributed by atoms with Crippen LogP contribution in [0, 0.1) is 6.92 Å². The van der Waals surface area contributed by atoms with Gasteiger partial charge in [0.05, 0.1) is 19.8 Å². The minimum Gasteiger partial charge on any atom is -0.495 e. The molecule has 0 aromatic heterocycles. The van der Waals surface area contributed by atoms with E-state index in [0.717, 1.165) is 11.1 Å². The summed E-state index contributed by atoms with van der Waals surface area (Å²) >= 11 is 0. The molecule has 6 heteroatoms. The van der Waals surface area contributed by atoms with Crippen LogP contribution in [0.3, 0.4) is 0 Å². The number of ether oxygens (including phenoxy) is 2. The summed E-state index contributed by atoms with van der Waals surface area (Å²) in [5.41, 5.74) is 2.02. The van der Waals surface area contributed by atoms with Gasteiger partial charge in [-0.15, -0.1) is 0 Å². The predicted octanol–water partition coefficient (Wildman–Crippen LogP) is 2.64. The zero-order valence-electron chi connectivity index (χ0n) is 14.5. The number of morpholine rings is 1. The first kappa shape index (κ1) is 17.9. The lowest BCUT2D eigenvalue weighted by Crippen LogP contribution is -2.46. The smallest absolute Gasteiger partial charge is 0.246 e. The predicted molar refractivity (Wildman–Crippen MR) is 96.4 cm³/mol. The van der Waals surface area contributed by atoms with Gasteiger partial charge in [0.15, 0.2) is 0 Å². The van der Waals surface area contributed by atoms with E-state index in [4.69, 9.17) is 9.47 Å². The largest absolute Gasteiger partial charge is 0.495 e. The van der Waals surface area contributed by atoms with E-state index in [0.29, 0.717) is 31.9 Å². The molecule has 25 heavy (non-hydrogen) atoms. The molecule has 1 saturated heterocycles. The molecule has 1 fully saturated rings. The number of hydrogen-bond donors (Lipinski definition) is 0. The minimum atomic E-state index is -3.62. The molecule has 1 atom stereocenters. The van der Waals surface area contributed by atoms with Crippen molar-refractivity contribution >= 4 is 10.0 Å². The van der Waals surface area contributed by atoms with Crippen molar-refractivity contribution in [3.8, 4) is 5.75 Å². The molecule has 2 aromatic rings. The second kappa shape index (κ2) is 7.56. The van der Waals surface area contributed by atoms with Crippen LogP contribution >= 0.6 is 0 Å². The summed E-state index contributed by atoms with van der Waals surface area (Å²) < 4.78 is 38.8. The summed E-state index contributed by atoms with van der Waals surface area (Å²) in [6.07, 6.45) is 0.541. The first-order valence-corrected chi connectivity index (χ1v) is 9.75. The van der Waals surface area contributed by atoms with E-state index in [2.05, 4.69) is 0 Å². The molecule has 1 unspecified atom stereocenters. The van der Waals surface area contributed by atoms with Crippen LogP contribution in [0.2, 0.25) is 0 Å². The summed E-state index contributed by atoms with van der Waals surface area (Å²) in [7, 11) is -2.14. The molecule has 0 spiro atoms. The van der Waals surface area contributed by atoms with Gasteiger partial charge >= 0.3 is 0 Å².